The Bertz CT molecular complexity index is 673. The molecule has 1 aromatic heterocycles. The molecule has 2 N–H and O–H groups in total. The number of H-pyrrole nitrogens is 1. The summed E-state index contributed by atoms with van der Waals surface area (Å²) in [6.45, 7) is 0. The predicted molar refractivity (Wildman–Crippen MR) is 78.2 cm³/mol. The molecule has 100 valence electrons. The van der Waals surface area contributed by atoms with Crippen LogP contribution in [0.4, 0.5) is 0 Å². The fraction of sp³-hybridized carbons (Fsp3) is 0.125. The number of aromatic amines is 1. The maximum Gasteiger partial charge on any atom is 0.207 e. The second kappa shape index (κ2) is 5.57. The van der Waals surface area contributed by atoms with Crippen LogP contribution >= 0.6 is 0 Å². The molecule has 3 rings (SSSR count). The number of aromatic nitrogens is 2. The van der Waals surface area contributed by atoms with Crippen LogP contribution < -0.4 is 5.32 Å². The number of hydrogen-bond acceptors (Lipinski definition) is 2. The second-order valence-electron chi connectivity index (χ2n) is 4.65. The fourth-order valence-electron chi connectivity index (χ4n) is 2.34. The van der Waals surface area contributed by atoms with E-state index < -0.39 is 0 Å². The van der Waals surface area contributed by atoms with Gasteiger partial charge in [0.25, 0.3) is 0 Å². The molecule has 0 radical (unpaired) electrons. The zero-order valence-electron chi connectivity index (χ0n) is 10.9. The summed E-state index contributed by atoms with van der Waals surface area (Å²) in [6.07, 6.45) is 1.37. The standard InChI is InChI=1S/C16H15N3O/c20-11-17-15(12-6-2-1-3-7-12)10-16-18-13-8-4-5-9-14(13)19-16/h1-9,11,15H,10H2,(H,17,20)(H,18,19). The fourth-order valence-corrected chi connectivity index (χ4v) is 2.34. The number of amides is 1. The van der Waals surface area contributed by atoms with Gasteiger partial charge in [0.1, 0.15) is 5.82 Å². The summed E-state index contributed by atoms with van der Waals surface area (Å²) in [6, 6.07) is 17.7. The number of nitrogens with zero attached hydrogens (tertiary/aromatic N) is 1. The van der Waals surface area contributed by atoms with Gasteiger partial charge >= 0.3 is 0 Å². The molecule has 0 aliphatic heterocycles. The molecule has 4 nitrogen and oxygen atoms in total. The first-order chi connectivity index (χ1) is 9.86. The quantitative estimate of drug-likeness (QED) is 0.697. The molecule has 0 spiro atoms. The normalized spacial score (nSPS) is 12.2. The van der Waals surface area contributed by atoms with Crippen LogP contribution in [0.3, 0.4) is 0 Å². The molecule has 0 saturated heterocycles. The van der Waals surface area contributed by atoms with Gasteiger partial charge in [-0.25, -0.2) is 4.98 Å². The molecule has 1 heterocycles. The Labute approximate surface area is 116 Å². The van der Waals surface area contributed by atoms with Gasteiger partial charge in [0.2, 0.25) is 6.41 Å². The highest BCUT2D eigenvalue weighted by Gasteiger charge is 2.13. The lowest BCUT2D eigenvalue weighted by molar-refractivity contribution is -0.110. The molecule has 0 aliphatic rings. The third-order valence-corrected chi connectivity index (χ3v) is 3.31. The molecule has 1 atom stereocenters. The number of hydrogen-bond donors (Lipinski definition) is 2. The third kappa shape index (κ3) is 2.54. The van der Waals surface area contributed by atoms with Crippen molar-refractivity contribution in [1.82, 2.24) is 15.3 Å². The lowest BCUT2D eigenvalue weighted by Gasteiger charge is -2.14. The van der Waals surface area contributed by atoms with Crippen molar-refractivity contribution in [2.24, 2.45) is 0 Å². The number of para-hydroxylation sites is 2. The van der Waals surface area contributed by atoms with Crippen molar-refractivity contribution >= 4 is 17.4 Å². The molecule has 1 unspecified atom stereocenters. The second-order valence-corrected chi connectivity index (χ2v) is 4.65. The topological polar surface area (TPSA) is 57.8 Å². The number of carbonyl (C=O) groups excluding carboxylic acids is 1. The minimum Gasteiger partial charge on any atom is -0.351 e. The Morgan fingerprint density at radius 1 is 1.10 bits per heavy atom. The van der Waals surface area contributed by atoms with Crippen molar-refractivity contribution in [2.45, 2.75) is 12.5 Å². The maximum atomic E-state index is 10.8. The van der Waals surface area contributed by atoms with Crippen molar-refractivity contribution in [3.05, 3.63) is 66.0 Å². The summed E-state index contributed by atoms with van der Waals surface area (Å²) < 4.78 is 0. The lowest BCUT2D eigenvalue weighted by atomic mass is 10.0. The van der Waals surface area contributed by atoms with Crippen LogP contribution in [0.2, 0.25) is 0 Å². The van der Waals surface area contributed by atoms with Crippen LogP contribution in [0.1, 0.15) is 17.4 Å². The van der Waals surface area contributed by atoms with Gasteiger partial charge in [-0.05, 0) is 17.7 Å². The Kier molecular flexibility index (Phi) is 3.46. The average molecular weight is 265 g/mol. The first kappa shape index (κ1) is 12.4. The molecule has 0 saturated carbocycles. The molecule has 1 amide bonds. The summed E-state index contributed by atoms with van der Waals surface area (Å²) in [5, 5.41) is 2.85. The van der Waals surface area contributed by atoms with Crippen molar-refractivity contribution < 1.29 is 4.79 Å². The highest BCUT2D eigenvalue weighted by Crippen LogP contribution is 2.18. The molecule has 0 bridgehead atoms. The van der Waals surface area contributed by atoms with Crippen molar-refractivity contribution in [3.63, 3.8) is 0 Å². The van der Waals surface area contributed by atoms with E-state index in [-0.39, 0.29) is 6.04 Å². The van der Waals surface area contributed by atoms with Gasteiger partial charge < -0.3 is 10.3 Å². The van der Waals surface area contributed by atoms with Crippen LogP contribution in [-0.4, -0.2) is 16.4 Å². The Balaban J connectivity index is 1.87. The van der Waals surface area contributed by atoms with E-state index in [2.05, 4.69) is 15.3 Å². The predicted octanol–water partition coefficient (Wildman–Crippen LogP) is 2.59. The Morgan fingerprint density at radius 3 is 2.60 bits per heavy atom. The molecule has 0 fully saturated rings. The van der Waals surface area contributed by atoms with E-state index in [1.807, 2.05) is 54.6 Å². The molecule has 0 aliphatic carbocycles. The van der Waals surface area contributed by atoms with E-state index in [0.29, 0.717) is 6.42 Å². The van der Waals surface area contributed by atoms with Crippen LogP contribution in [0.5, 0.6) is 0 Å². The monoisotopic (exact) mass is 265 g/mol. The minimum atomic E-state index is -0.0748. The summed E-state index contributed by atoms with van der Waals surface area (Å²) >= 11 is 0. The van der Waals surface area contributed by atoms with Crippen LogP contribution in [0, 0.1) is 0 Å². The number of rotatable bonds is 5. The van der Waals surface area contributed by atoms with Gasteiger partial charge in [-0.1, -0.05) is 42.5 Å². The van der Waals surface area contributed by atoms with Crippen LogP contribution in [0.25, 0.3) is 11.0 Å². The Hall–Kier alpha value is -2.62. The molecular formula is C16H15N3O. The zero-order chi connectivity index (χ0) is 13.8. The smallest absolute Gasteiger partial charge is 0.207 e. The molecule has 20 heavy (non-hydrogen) atoms. The van der Waals surface area contributed by atoms with Gasteiger partial charge in [-0.3, -0.25) is 4.79 Å². The van der Waals surface area contributed by atoms with E-state index in [1.54, 1.807) is 0 Å². The van der Waals surface area contributed by atoms with E-state index in [4.69, 9.17) is 0 Å². The largest absolute Gasteiger partial charge is 0.351 e. The average Bonchev–Trinajstić information content (AvgIpc) is 2.90. The highest BCUT2D eigenvalue weighted by atomic mass is 16.1. The number of nitrogens with one attached hydrogen (secondary N) is 2. The van der Waals surface area contributed by atoms with Gasteiger partial charge in [0.15, 0.2) is 0 Å². The van der Waals surface area contributed by atoms with Crippen LogP contribution in [0.15, 0.2) is 54.6 Å². The number of fused-ring (bicyclic) bond motifs is 1. The number of carbonyl (C=O) groups is 1. The molecular weight excluding hydrogens is 250 g/mol. The first-order valence-electron chi connectivity index (χ1n) is 6.55. The minimum absolute atomic E-state index is 0.0748. The van der Waals surface area contributed by atoms with Gasteiger partial charge in [0.05, 0.1) is 17.1 Å². The van der Waals surface area contributed by atoms with E-state index in [1.165, 1.54) is 0 Å². The van der Waals surface area contributed by atoms with Crippen molar-refractivity contribution in [1.29, 1.82) is 0 Å². The number of imidazole rings is 1. The SMILES string of the molecule is O=CNC(Cc1nc2ccccc2[nH]1)c1ccccc1. The summed E-state index contributed by atoms with van der Waals surface area (Å²) in [5.41, 5.74) is 3.03. The molecule has 4 heteroatoms. The van der Waals surface area contributed by atoms with E-state index >= 15 is 0 Å². The lowest BCUT2D eigenvalue weighted by Crippen LogP contribution is -2.22. The maximum absolute atomic E-state index is 10.8. The van der Waals surface area contributed by atoms with Crippen molar-refractivity contribution in [2.75, 3.05) is 0 Å². The summed E-state index contributed by atoms with van der Waals surface area (Å²) in [5.74, 6) is 0.870. The zero-order valence-corrected chi connectivity index (χ0v) is 10.9. The number of benzene rings is 2. The van der Waals surface area contributed by atoms with Gasteiger partial charge in [0, 0.05) is 6.42 Å². The first-order valence-corrected chi connectivity index (χ1v) is 6.55. The molecule has 2 aromatic carbocycles. The van der Waals surface area contributed by atoms with Gasteiger partial charge in [-0.15, -0.1) is 0 Å². The van der Waals surface area contributed by atoms with E-state index in [0.717, 1.165) is 28.8 Å². The third-order valence-electron chi connectivity index (χ3n) is 3.31. The van der Waals surface area contributed by atoms with Crippen molar-refractivity contribution in [3.8, 4) is 0 Å². The van der Waals surface area contributed by atoms with Gasteiger partial charge in [-0.2, -0.15) is 0 Å². The van der Waals surface area contributed by atoms with Crippen LogP contribution in [-0.2, 0) is 11.2 Å². The summed E-state index contributed by atoms with van der Waals surface area (Å²) in [4.78, 5) is 18.6. The summed E-state index contributed by atoms with van der Waals surface area (Å²) in [7, 11) is 0. The highest BCUT2D eigenvalue weighted by molar-refractivity contribution is 5.74. The Morgan fingerprint density at radius 2 is 1.85 bits per heavy atom. The molecule has 3 aromatic rings. The van der Waals surface area contributed by atoms with E-state index in [9.17, 15) is 4.79 Å².